The number of halogens is 12. The number of aromatic nitrogens is 14. The zero-order chi connectivity index (χ0) is 104. The van der Waals surface area contributed by atoms with Gasteiger partial charge in [0.2, 0.25) is 29.0 Å². The van der Waals surface area contributed by atoms with Gasteiger partial charge in [0.1, 0.15) is 29.9 Å². The van der Waals surface area contributed by atoms with Crippen molar-refractivity contribution in [3.8, 4) is 32.5 Å². The van der Waals surface area contributed by atoms with Gasteiger partial charge in [-0.3, -0.25) is 0 Å². The third-order valence-electron chi connectivity index (χ3n) is 25.8. The Balaban J connectivity index is 0.000000205. The molecular formula is C95H142Br2ClF9N18O5S6Si3Sn. The van der Waals surface area contributed by atoms with Gasteiger partial charge in [-0.1, -0.05) is 41.5 Å². The number of aliphatic hydroxyl groups is 2. The first-order chi connectivity index (χ1) is 65.3. The van der Waals surface area contributed by atoms with Gasteiger partial charge in [-0.05, 0) is 159 Å². The van der Waals surface area contributed by atoms with E-state index in [0.717, 1.165) is 52.7 Å². The standard InChI is InChI=1S/C21H32F2N4OSSi.C15H17F3N4S.C15H18F2N4OS.C11H14ClF2N3.C10H18BrNOSSi.C10H18NOSSi.C4H4BrNOS.3C3H7.Sn/c1-14-11-17(25-15-7-9-21(22,23)10-8-15)27-18(24-14)19-26-16(13-29-19)12-28-30(5,6)20(2,3)4;1-9-6-12(20-10-2-4-15(17,18)5-3-10)22-13(19-9)14-21-11(7-16)8-23-14;1-9-6-12(19-10-2-4-15(16,17)5-3-10)21-13(18-9)14-20-11(7-22)8-23-14;1-7-6-9(17-10(12)15-7)16-8-2-4-11(13,14)5-3-8;1-10(2,3)15(4,5)13-6-8-7-14-9(11)12-8;1-10(2,3)14(4,5)12-6-9-7-13-8-11-9;5-4-6-3(1-7)2-8-4;3*1-3-2;/h11,13,15H,7-10,12H2,1-6H3,(H,24,25,27);6,8,10H,2-5,7H2,1H3,(H,19,20,22);6,8,10,22H,2-5,7H2,1H3,(H,18,19,21);6,8H,2-5H2,1H3,(H,15,16,17);7H,6H2,1-5H3;7H,6H2,1-5H3;2,7H,1H2;3*1,3H2,2H3;. The summed E-state index contributed by atoms with van der Waals surface area (Å²) in [7, 11) is -5.16. The zero-order valence-corrected chi connectivity index (χ0v) is 99.4. The second-order valence-electron chi connectivity index (χ2n) is 40.8. The Morgan fingerprint density at radius 3 is 0.907 bits per heavy atom. The molecule has 6 N–H and O–H groups in total. The summed E-state index contributed by atoms with van der Waals surface area (Å²) in [5.74, 6) is -6.14. The van der Waals surface area contributed by atoms with E-state index in [1.807, 2.05) is 61.2 Å². The molecule has 0 saturated heterocycles. The maximum absolute atomic E-state index is 13.4. The summed E-state index contributed by atoms with van der Waals surface area (Å²) < 4.78 is 145. The molecule has 10 aromatic rings. The molecule has 4 fully saturated rings. The summed E-state index contributed by atoms with van der Waals surface area (Å²) in [6.45, 7) is 49.5. The van der Waals surface area contributed by atoms with Crippen molar-refractivity contribution in [1.82, 2.24) is 69.8 Å². The number of anilines is 4. The quantitative estimate of drug-likeness (QED) is 0.0138. The van der Waals surface area contributed by atoms with Gasteiger partial charge in [-0.25, -0.2) is 104 Å². The number of alkyl halides is 9. The molecule has 0 aromatic carbocycles. The van der Waals surface area contributed by atoms with Crippen LogP contribution in [0.2, 0.25) is 73.0 Å². The first-order valence-electron chi connectivity index (χ1n) is 47.7. The van der Waals surface area contributed by atoms with Gasteiger partial charge in [-0.15, -0.1) is 56.7 Å². The minimum Gasteiger partial charge on any atom is -0.411 e. The summed E-state index contributed by atoms with van der Waals surface area (Å²) in [6.07, 6.45) is 6.77. The van der Waals surface area contributed by atoms with E-state index in [1.165, 1.54) is 83.6 Å². The molecule has 0 amide bonds. The zero-order valence-electron chi connectivity index (χ0n) is 84.7. The Hall–Kier alpha value is -4.83. The number of hydrogen-bond donors (Lipinski definition) is 6. The van der Waals surface area contributed by atoms with Crippen LogP contribution in [-0.2, 0) is 53.0 Å². The fourth-order valence-electron chi connectivity index (χ4n) is 14.7. The number of aliphatic hydroxyl groups excluding tert-OH is 2. The largest absolute Gasteiger partial charge is 0.411 e. The van der Waals surface area contributed by atoms with Gasteiger partial charge in [0.15, 0.2) is 57.0 Å². The molecule has 0 aliphatic heterocycles. The van der Waals surface area contributed by atoms with Crippen LogP contribution in [0.25, 0.3) is 32.5 Å². The predicted octanol–water partition coefficient (Wildman–Crippen LogP) is 30.0. The maximum Gasteiger partial charge on any atom is 0.248 e. The van der Waals surface area contributed by atoms with Crippen LogP contribution in [0.4, 0.5) is 62.8 Å². The van der Waals surface area contributed by atoms with Gasteiger partial charge in [0.05, 0.1) is 54.9 Å². The van der Waals surface area contributed by atoms with Crippen molar-refractivity contribution < 1.29 is 63.0 Å². The van der Waals surface area contributed by atoms with Crippen molar-refractivity contribution in [2.24, 2.45) is 0 Å². The molecule has 778 valence electrons. The van der Waals surface area contributed by atoms with Crippen molar-refractivity contribution >= 4 is 181 Å². The van der Waals surface area contributed by atoms with Gasteiger partial charge in [0.25, 0.3) is 0 Å². The van der Waals surface area contributed by atoms with Crippen molar-refractivity contribution in [3.05, 3.63) is 127 Å². The summed E-state index contributed by atoms with van der Waals surface area (Å²) >= 11 is 19.2. The van der Waals surface area contributed by atoms with Crippen LogP contribution in [0.3, 0.4) is 0 Å². The third-order valence-corrected chi connectivity index (χ3v) is 64.9. The molecule has 0 atom stereocenters. The van der Waals surface area contributed by atoms with Crippen LogP contribution >= 0.6 is 111 Å². The fourth-order valence-corrected chi connectivity index (χ4v) is 40.8. The first-order valence-corrected chi connectivity index (χ1v) is 71.1. The summed E-state index contributed by atoms with van der Waals surface area (Å²) in [6, 6.07) is 7.23. The van der Waals surface area contributed by atoms with Crippen LogP contribution in [0.5, 0.6) is 0 Å². The molecule has 45 heteroatoms. The van der Waals surface area contributed by atoms with E-state index in [1.54, 1.807) is 43.3 Å². The molecule has 140 heavy (non-hydrogen) atoms. The van der Waals surface area contributed by atoms with E-state index in [0.29, 0.717) is 133 Å². The van der Waals surface area contributed by atoms with E-state index in [4.69, 9.17) is 40.1 Å². The van der Waals surface area contributed by atoms with Crippen LogP contribution in [0.1, 0.15) is 262 Å². The Morgan fingerprint density at radius 1 is 0.379 bits per heavy atom. The predicted molar refractivity (Wildman–Crippen MR) is 574 cm³/mol. The van der Waals surface area contributed by atoms with Crippen molar-refractivity contribution in [1.29, 1.82) is 0 Å². The van der Waals surface area contributed by atoms with E-state index in [2.05, 4.69) is 246 Å². The second-order valence-corrected chi connectivity index (χ2v) is 77.2. The molecule has 4 aliphatic rings. The van der Waals surface area contributed by atoms with Gasteiger partial charge in [-0.2, -0.15) is 0 Å². The summed E-state index contributed by atoms with van der Waals surface area (Å²) in [4.78, 5) is 61.1. The molecule has 0 spiro atoms. The molecule has 10 aromatic heterocycles. The number of rotatable bonds is 30. The Labute approximate surface area is 874 Å². The minimum absolute atomic E-state index is 0.000993. The number of nitrogens with zero attached hydrogens (tertiary/aromatic N) is 14. The topological polar surface area (TPSA) is 297 Å². The van der Waals surface area contributed by atoms with Crippen LogP contribution in [0, 0.1) is 27.7 Å². The average molecular weight is 2380 g/mol. The molecule has 4 saturated carbocycles. The number of aryl methyl sites for hydroxylation is 4. The Kier molecular flexibility index (Phi) is 46.3. The van der Waals surface area contributed by atoms with E-state index < -0.39 is 73.7 Å². The Morgan fingerprint density at radius 2 is 0.636 bits per heavy atom. The van der Waals surface area contributed by atoms with Crippen molar-refractivity contribution in [3.63, 3.8) is 0 Å². The Bertz CT molecular complexity index is 5290. The number of thiazole rings is 6. The van der Waals surface area contributed by atoms with Gasteiger partial charge >= 0.3 is 160 Å². The van der Waals surface area contributed by atoms with Crippen molar-refractivity contribution in [2.75, 3.05) is 21.3 Å². The smallest absolute Gasteiger partial charge is 0.248 e. The number of nitrogens with one attached hydrogen (secondary N) is 4. The molecule has 14 rings (SSSR count). The molecule has 10 heterocycles. The minimum atomic E-state index is -2.55. The average Bonchev–Trinajstić information content (AvgIpc) is 1.67. The second kappa shape index (κ2) is 53.9. The van der Waals surface area contributed by atoms with E-state index >= 15 is 0 Å². The fraction of sp³-hybridized carbons (Fsp3) is 0.642. The van der Waals surface area contributed by atoms with Gasteiger partial charge < -0.3 is 40.3 Å². The summed E-state index contributed by atoms with van der Waals surface area (Å²) in [5.41, 5.74) is 7.86. The monoisotopic (exact) mass is 2370 g/mol. The third kappa shape index (κ3) is 39.7. The molecule has 23 nitrogen and oxygen atoms in total. The molecule has 0 unspecified atom stereocenters. The molecule has 4 aliphatic carbocycles. The molecular weight excluding hydrogens is 2230 g/mol. The first kappa shape index (κ1) is 120. The number of hydrogen-bond acceptors (Lipinski definition) is 29. The van der Waals surface area contributed by atoms with Crippen LogP contribution < -0.4 is 24.3 Å². The van der Waals surface area contributed by atoms with Gasteiger partial charge in [0, 0.05) is 149 Å². The molecule has 0 radical (unpaired) electrons. The van der Waals surface area contributed by atoms with Crippen molar-refractivity contribution in [2.45, 2.75) is 388 Å². The van der Waals surface area contributed by atoms with E-state index in [-0.39, 0.29) is 109 Å². The maximum atomic E-state index is 13.4. The normalized spacial score (nSPS) is 16.5. The summed E-state index contributed by atoms with van der Waals surface area (Å²) in [5, 5.41) is 44.8. The SMILES string of the molecule is CC(C)(C)[Si](C)(C)OCc1csc(Br)n1.CC[CH2][Sn]([CH2]CC)([CH2]CC)[c]1nc(CO[Si](C)(C)C(C)(C)C)cs1.Cc1cc(NC2CCC(F)(F)CC2)nc(-c2nc(CF)cs2)n1.Cc1cc(NC2CCC(F)(F)CC2)nc(-c2nc(CO)cs2)n1.Cc1cc(NC2CCC(F)(F)CC2)nc(-c2nc(CO[Si](C)(C)C(C)(C)C)cs2)n1.Cc1cc(NC2CCC(F)(F)CC2)nc(Cl)n1.OCc1csc(Br)n1. The van der Waals surface area contributed by atoms with E-state index in [9.17, 15) is 39.5 Å². The molecule has 0 bridgehead atoms. The van der Waals surface area contributed by atoms with Crippen LogP contribution in [0.15, 0.2) is 64.4 Å². The van der Waals surface area contributed by atoms with Crippen LogP contribution in [-0.4, -0.2) is 171 Å².